The Hall–Kier alpha value is -3.16. The van der Waals surface area contributed by atoms with Crippen molar-refractivity contribution in [3.8, 4) is 0 Å². The molecule has 2 amide bonds. The van der Waals surface area contributed by atoms with Crippen LogP contribution >= 0.6 is 0 Å². The smallest absolute Gasteiger partial charge is 0.427 e. The Kier molecular flexibility index (Phi) is 7.67. The van der Waals surface area contributed by atoms with Gasteiger partial charge in [0.05, 0.1) is 18.1 Å². The summed E-state index contributed by atoms with van der Waals surface area (Å²) in [5.74, 6) is 0.551. The van der Waals surface area contributed by atoms with Gasteiger partial charge in [-0.05, 0) is 82.4 Å². The van der Waals surface area contributed by atoms with Crippen molar-refractivity contribution >= 4 is 23.8 Å². The molecule has 8 nitrogen and oxygen atoms in total. The van der Waals surface area contributed by atoms with Crippen LogP contribution in [0.5, 0.6) is 0 Å². The summed E-state index contributed by atoms with van der Waals surface area (Å²) in [5.41, 5.74) is 3.03. The lowest BCUT2D eigenvalue weighted by molar-refractivity contribution is 0.0427. The van der Waals surface area contributed by atoms with Crippen molar-refractivity contribution in [3.63, 3.8) is 0 Å². The first kappa shape index (κ1) is 27.4. The Morgan fingerprint density at radius 3 is 1.86 bits per heavy atom. The third kappa shape index (κ3) is 7.93. The molecule has 0 saturated heterocycles. The Morgan fingerprint density at radius 2 is 1.42 bits per heavy atom. The van der Waals surface area contributed by atoms with Gasteiger partial charge >= 0.3 is 12.2 Å². The number of aromatic nitrogens is 2. The molecule has 8 heteroatoms. The molecule has 0 spiro atoms. The molecule has 1 aromatic carbocycles. The molecular formula is C28H40N4O4. The maximum Gasteiger partial charge on any atom is 0.427 e. The molecule has 0 aliphatic heterocycles. The zero-order valence-electron chi connectivity index (χ0n) is 23.1. The number of nitrogens with one attached hydrogen (secondary N) is 1. The Morgan fingerprint density at radius 1 is 0.889 bits per heavy atom. The van der Waals surface area contributed by atoms with Gasteiger partial charge in [0.1, 0.15) is 11.2 Å². The van der Waals surface area contributed by atoms with Crippen molar-refractivity contribution in [3.05, 3.63) is 47.3 Å². The highest BCUT2D eigenvalue weighted by atomic mass is 16.6. The lowest BCUT2D eigenvalue weighted by Gasteiger charge is -2.27. The Bertz CT molecular complexity index is 1060. The number of benzene rings is 1. The third-order valence-electron chi connectivity index (χ3n) is 5.42. The summed E-state index contributed by atoms with van der Waals surface area (Å²) in [6.45, 7) is 17.6. The number of nitrogens with zero attached hydrogens (tertiary/aromatic N) is 3. The first-order valence-electron chi connectivity index (χ1n) is 12.5. The average Bonchev–Trinajstić information content (AvgIpc) is 3.55. The van der Waals surface area contributed by atoms with Crippen LogP contribution in [0.2, 0.25) is 0 Å². The monoisotopic (exact) mass is 496 g/mol. The van der Waals surface area contributed by atoms with Crippen LogP contribution in [0.25, 0.3) is 0 Å². The zero-order chi connectivity index (χ0) is 26.9. The van der Waals surface area contributed by atoms with Gasteiger partial charge in [0.2, 0.25) is 5.95 Å². The fourth-order valence-corrected chi connectivity index (χ4v) is 3.49. The molecule has 196 valence electrons. The van der Waals surface area contributed by atoms with E-state index in [0.29, 0.717) is 18.2 Å². The second-order valence-corrected chi connectivity index (χ2v) is 12.4. The number of ether oxygens (including phenoxy) is 2. The number of hydrogen-bond acceptors (Lipinski definition) is 7. The second kappa shape index (κ2) is 10.1. The third-order valence-corrected chi connectivity index (χ3v) is 5.42. The van der Waals surface area contributed by atoms with Crippen LogP contribution in [0.1, 0.15) is 97.8 Å². The number of carbonyl (C=O) groups is 2. The van der Waals surface area contributed by atoms with Crippen molar-refractivity contribution in [2.24, 2.45) is 0 Å². The summed E-state index contributed by atoms with van der Waals surface area (Å²) in [6, 6.07) is 6.84. The fourth-order valence-electron chi connectivity index (χ4n) is 3.49. The van der Waals surface area contributed by atoms with Gasteiger partial charge in [0.25, 0.3) is 0 Å². The van der Waals surface area contributed by atoms with Crippen molar-refractivity contribution in [2.75, 3.05) is 10.2 Å². The first-order chi connectivity index (χ1) is 16.5. The van der Waals surface area contributed by atoms with Gasteiger partial charge < -0.3 is 14.8 Å². The zero-order valence-corrected chi connectivity index (χ0v) is 23.1. The summed E-state index contributed by atoms with van der Waals surface area (Å²) in [7, 11) is 0. The van der Waals surface area contributed by atoms with E-state index in [-0.39, 0.29) is 11.4 Å². The van der Waals surface area contributed by atoms with E-state index < -0.39 is 23.4 Å². The molecule has 36 heavy (non-hydrogen) atoms. The van der Waals surface area contributed by atoms with Crippen LogP contribution in [0, 0.1) is 0 Å². The van der Waals surface area contributed by atoms with Crippen LogP contribution < -0.4 is 10.2 Å². The van der Waals surface area contributed by atoms with E-state index in [2.05, 4.69) is 54.3 Å². The molecular weight excluding hydrogens is 456 g/mol. The Balaban J connectivity index is 1.78. The first-order valence-corrected chi connectivity index (χ1v) is 12.5. The fraction of sp³-hybridized carbons (Fsp3) is 0.571. The second-order valence-electron chi connectivity index (χ2n) is 12.4. The maximum atomic E-state index is 12.8. The van der Waals surface area contributed by atoms with Crippen LogP contribution in [-0.2, 0) is 21.4 Å². The largest absolute Gasteiger partial charge is 0.443 e. The van der Waals surface area contributed by atoms with E-state index in [1.165, 1.54) is 29.5 Å². The minimum Gasteiger partial charge on any atom is -0.443 e. The highest BCUT2D eigenvalue weighted by Crippen LogP contribution is 2.41. The van der Waals surface area contributed by atoms with Gasteiger partial charge in [-0.25, -0.2) is 19.6 Å². The number of hydrogen-bond donors (Lipinski definition) is 1. The van der Waals surface area contributed by atoms with Gasteiger partial charge in [0, 0.05) is 6.54 Å². The highest BCUT2D eigenvalue weighted by molar-refractivity contribution is 6.08. The van der Waals surface area contributed by atoms with Gasteiger partial charge in [-0.2, -0.15) is 0 Å². The molecule has 0 unspecified atom stereocenters. The lowest BCUT2D eigenvalue weighted by Crippen LogP contribution is -2.44. The summed E-state index contributed by atoms with van der Waals surface area (Å²) in [5, 5.41) is 3.35. The molecule has 1 aliphatic rings. The molecule has 1 fully saturated rings. The summed E-state index contributed by atoms with van der Waals surface area (Å²) < 4.78 is 10.8. The molecule has 1 N–H and O–H groups in total. The van der Waals surface area contributed by atoms with Crippen LogP contribution in [0.3, 0.4) is 0 Å². The van der Waals surface area contributed by atoms with E-state index in [1.54, 1.807) is 53.9 Å². The normalized spacial score (nSPS) is 14.2. The van der Waals surface area contributed by atoms with Gasteiger partial charge in [-0.1, -0.05) is 39.0 Å². The summed E-state index contributed by atoms with van der Waals surface area (Å²) in [4.78, 5) is 34.8. The molecule has 0 bridgehead atoms. The van der Waals surface area contributed by atoms with Gasteiger partial charge in [-0.3, -0.25) is 0 Å². The number of anilines is 2. The maximum absolute atomic E-state index is 12.8. The van der Waals surface area contributed by atoms with E-state index in [1.807, 2.05) is 0 Å². The summed E-state index contributed by atoms with van der Waals surface area (Å²) in [6.07, 6.45) is 3.79. The number of amides is 2. The predicted octanol–water partition coefficient (Wildman–Crippen LogP) is 6.94. The van der Waals surface area contributed by atoms with Crippen molar-refractivity contribution in [2.45, 2.75) is 104 Å². The number of imide groups is 1. The molecule has 1 heterocycles. The van der Waals surface area contributed by atoms with Crippen molar-refractivity contribution in [1.82, 2.24) is 9.97 Å². The standard InChI is InChI=1S/C28H40N4O4/c1-26(2,3)21-13-18(12-20(14-21)19-10-11-19)15-29-22-16-30-23(31-17-22)32(24(33)35-27(4,5)6)25(34)36-28(7,8)9/h12-14,16-17,19,29H,10-11,15H2,1-9H3. The summed E-state index contributed by atoms with van der Waals surface area (Å²) >= 11 is 0. The van der Waals surface area contributed by atoms with Crippen LogP contribution in [0.4, 0.5) is 21.2 Å². The van der Waals surface area contributed by atoms with Crippen molar-refractivity contribution < 1.29 is 19.1 Å². The predicted molar refractivity (Wildman–Crippen MR) is 141 cm³/mol. The van der Waals surface area contributed by atoms with Crippen LogP contribution in [-0.4, -0.2) is 33.4 Å². The minimum atomic E-state index is -0.899. The number of carbonyl (C=O) groups excluding carboxylic acids is 2. The Labute approximate surface area is 214 Å². The van der Waals surface area contributed by atoms with E-state index in [9.17, 15) is 9.59 Å². The van der Waals surface area contributed by atoms with Gasteiger partial charge in [-0.15, -0.1) is 4.90 Å². The molecule has 2 aromatic rings. The average molecular weight is 497 g/mol. The van der Waals surface area contributed by atoms with E-state index in [4.69, 9.17) is 9.47 Å². The van der Waals surface area contributed by atoms with Crippen molar-refractivity contribution in [1.29, 1.82) is 0 Å². The molecule has 1 saturated carbocycles. The van der Waals surface area contributed by atoms with Gasteiger partial charge in [0.15, 0.2) is 0 Å². The molecule has 0 radical (unpaired) electrons. The molecule has 1 aliphatic carbocycles. The van der Waals surface area contributed by atoms with E-state index >= 15 is 0 Å². The molecule has 3 rings (SSSR count). The highest BCUT2D eigenvalue weighted by Gasteiger charge is 2.34. The SMILES string of the molecule is CC(C)(C)OC(=O)N(C(=O)OC(C)(C)C)c1ncc(NCc2cc(C3CC3)cc(C(C)(C)C)c2)cn1. The molecule has 0 atom stereocenters. The van der Waals surface area contributed by atoms with Crippen LogP contribution in [0.15, 0.2) is 30.6 Å². The lowest BCUT2D eigenvalue weighted by atomic mass is 9.84. The van der Waals surface area contributed by atoms with E-state index in [0.717, 1.165) is 4.90 Å². The topological polar surface area (TPSA) is 93.7 Å². The minimum absolute atomic E-state index is 0.0667. The molecule has 1 aromatic heterocycles. The number of rotatable bonds is 5. The quantitative estimate of drug-likeness (QED) is 0.479.